The molecule has 717 valence electrons. The van der Waals surface area contributed by atoms with Crippen molar-refractivity contribution in [2.75, 3.05) is 24.8 Å². The molecule has 1 aliphatic rings. The number of H-pyrrole nitrogens is 1. The smallest absolute Gasteiger partial charge is 1.00 e. The molecule has 0 aliphatic carbocycles. The van der Waals surface area contributed by atoms with Crippen molar-refractivity contribution in [3.05, 3.63) is 273 Å². The van der Waals surface area contributed by atoms with E-state index in [2.05, 4.69) is 361 Å². The Labute approximate surface area is 879 Å². The summed E-state index contributed by atoms with van der Waals surface area (Å²) in [6, 6.07) is 58.9. The average Bonchev–Trinajstić information content (AvgIpc) is 0.856. The van der Waals surface area contributed by atoms with E-state index >= 15 is 0 Å². The Hall–Kier alpha value is -5.69. The van der Waals surface area contributed by atoms with Crippen LogP contribution in [0, 0.1) is 77.1 Å². The van der Waals surface area contributed by atoms with E-state index in [9.17, 15) is 4.39 Å². The molecule has 0 saturated carbocycles. The van der Waals surface area contributed by atoms with Crippen LogP contribution in [0.5, 0.6) is 0 Å². The number of nitrogens with zero attached hydrogens (tertiary/aromatic N) is 10. The number of aromatic nitrogens is 8. The zero-order valence-electron chi connectivity index (χ0n) is 86.4. The van der Waals surface area contributed by atoms with Crippen LogP contribution in [-0.2, 0) is 75.8 Å². The number of fused-ring (bicyclic) bond motifs is 4. The van der Waals surface area contributed by atoms with E-state index in [1.807, 2.05) is 86.2 Å². The maximum absolute atomic E-state index is 9.96. The first kappa shape index (κ1) is 120. The second kappa shape index (κ2) is 56.5. The monoisotopic (exact) mass is 2310 g/mol. The molecule has 0 amide bonds. The van der Waals surface area contributed by atoms with E-state index in [-0.39, 0.29) is 85.0 Å². The Morgan fingerprint density at radius 2 is 0.857 bits per heavy atom. The molecule has 13 nitrogen and oxygen atoms in total. The molecule has 1 radical (unpaired) electrons. The number of nitrogens with one attached hydrogen (secondary N) is 1. The SMILES string of the molecule is CC(C)(C)c1ccc([PH+](C(C)(C)C)C(C)(C)C)cc1.CC(C)(C)c1ccc([PH+](C(C)(C)C)C(C)(C)C)cc1.CC(C)CI.Cc1cc2cc(Cl)ncc2[nH]1.Cc1cc2cc(Cl)ncc2n1CC(C)C.[2H]CF.[C-]#[N+]c1cc[c-]c(-c2cc3cc(C)n(CC(C)C)c3cn2)c1.[C-]#[N+]c1cccc(-c2cc3cc(C)n(CC(C)C)c3cn2)c1.[C-]#[N+]c1cccc(B2OCCO2)c1.[Cl][Pd][Cl].[H-].[Ir].[Na+]. The number of hydrogen-bond acceptors (Lipinski definition) is 6. The third kappa shape index (κ3) is 39.1. The van der Waals surface area contributed by atoms with Crippen LogP contribution in [0.1, 0.15) is 217 Å². The summed E-state index contributed by atoms with van der Waals surface area (Å²) in [5.74, 6) is 2.70. The van der Waals surface area contributed by atoms with Crippen LogP contribution in [0.25, 0.3) is 80.7 Å². The van der Waals surface area contributed by atoms with Crippen LogP contribution in [0.3, 0.4) is 0 Å². The number of pyridine rings is 4. The fourth-order valence-corrected chi connectivity index (χ4v) is 25.4. The maximum Gasteiger partial charge on any atom is 1.00 e. The first-order valence-corrected chi connectivity index (χ1v) is 53.9. The van der Waals surface area contributed by atoms with Gasteiger partial charge < -0.3 is 34.4 Å². The quantitative estimate of drug-likeness (QED) is 0.0325. The molecule has 1 N–H and O–H groups in total. The van der Waals surface area contributed by atoms with Crippen molar-refractivity contribution in [1.29, 1.82) is 0 Å². The molecule has 8 aromatic heterocycles. The van der Waals surface area contributed by atoms with Gasteiger partial charge in [0.05, 0.1) is 119 Å². The third-order valence-corrected chi connectivity index (χ3v) is 30.9. The standard InChI is InChI=1S/C19H19N3.C19H18N3.2C18H31P.C12H15ClN2.C9H8BNO2.C8H7ClN2.C4H9I.CH3F.2ClH.Ir.Na.Pd.H/c2*1-13(2)12-22-14(3)8-16-10-18(21-11-19(16)22)15-6-5-7-17(9-15)20-4;2*1-16(2,3)14-10-12-15(13-11-14)19(17(4,5)6)18(7,8)9;1-8(2)7-15-9(3)4-10-5-12(13)14-6-11(10)15;1-11-9-4-2-3-8(7-9)10-12-5-6-13-10;1-5-2-6-3-8(9)10-4-7(6)11-5;1-4(2)3-5;1-2;;;;;;/h5-11,13H,12H2,1-3H3;5,7-11,13H,12H2,1-3H3;2*10-13H,1-9H3;4-6,8H,7H2,1-3H3;2-4,7H,5-6H2;2-4,11H,1H3;4H,3H2,1-2H3;1H3;2*1H;;;;/q;-1;;;;;;;;;;;+1;+2;-1/i;;;;;;;;1D;;;;;;. The molecule has 0 unspecified atom stereocenters. The molecular weight excluding hydrogens is 2170 g/mol. The second-order valence-corrected chi connectivity index (χ2v) is 53.4. The predicted molar refractivity (Wildman–Crippen MR) is 580 cm³/mol. The zero-order chi connectivity index (χ0) is 99.1. The molecule has 1 fully saturated rings. The van der Waals surface area contributed by atoms with Crippen molar-refractivity contribution in [2.45, 2.75) is 259 Å². The predicted octanol–water partition coefficient (Wildman–Crippen LogP) is 29.4. The van der Waals surface area contributed by atoms with Crippen molar-refractivity contribution in [1.82, 2.24) is 38.6 Å². The Morgan fingerprint density at radius 3 is 1.24 bits per heavy atom. The number of aryl methyl sites for hydroxylation is 4. The molecule has 5 aromatic carbocycles. The summed E-state index contributed by atoms with van der Waals surface area (Å²) >= 11 is 13.8. The Balaban J connectivity index is 0.000000525. The van der Waals surface area contributed by atoms with Gasteiger partial charge in [0.25, 0.3) is 0 Å². The van der Waals surface area contributed by atoms with Gasteiger partial charge in [-0.2, -0.15) is 6.07 Å². The minimum Gasteiger partial charge on any atom is -1.00 e. The van der Waals surface area contributed by atoms with Gasteiger partial charge in [0.1, 0.15) is 16.0 Å². The summed E-state index contributed by atoms with van der Waals surface area (Å²) in [7, 11) is 7.12. The second-order valence-electron chi connectivity index (χ2n) is 40.8. The van der Waals surface area contributed by atoms with Crippen LogP contribution in [0.2, 0.25) is 10.3 Å². The molecule has 1 aliphatic heterocycles. The number of hydrogen-bond donors (Lipinski definition) is 1. The molecule has 14 rings (SSSR count). The van der Waals surface area contributed by atoms with Crippen LogP contribution in [0.15, 0.2) is 189 Å². The topological polar surface area (TPSA) is 114 Å². The van der Waals surface area contributed by atoms with Gasteiger partial charge >= 0.3 is 71.7 Å². The van der Waals surface area contributed by atoms with Crippen LogP contribution >= 0.6 is 80.7 Å². The number of rotatable bonds is 12. The fraction of sp³-hybridized carbons (Fsp3) is 0.435. The molecule has 0 bridgehead atoms. The van der Waals surface area contributed by atoms with Gasteiger partial charge in [0.15, 0.2) is 11.4 Å². The minimum atomic E-state index is -1.00. The minimum absolute atomic E-state index is 0. The molecular formula is C108H144BCl4FIIrN11NaO2P2Pd+. The van der Waals surface area contributed by atoms with E-state index in [4.69, 9.17) is 72.7 Å². The molecule has 0 spiro atoms. The molecule has 1 saturated heterocycles. The Kier molecular flexibility index (Phi) is 50.8. The average molecular weight is 2310 g/mol. The summed E-state index contributed by atoms with van der Waals surface area (Å²) in [6.45, 7) is 93.9. The Bertz CT molecular complexity index is 5650. The number of alkyl halides is 2. The first-order valence-electron chi connectivity index (χ1n) is 45.3. The summed E-state index contributed by atoms with van der Waals surface area (Å²) in [4.78, 5) is 30.7. The van der Waals surface area contributed by atoms with E-state index in [0.29, 0.717) is 79.0 Å². The van der Waals surface area contributed by atoms with Crippen molar-refractivity contribution >= 4 is 165 Å². The molecule has 25 heteroatoms. The zero-order valence-corrected chi connectivity index (χ0v) is 97.6. The van der Waals surface area contributed by atoms with Gasteiger partial charge in [0.2, 0.25) is 0 Å². The normalized spacial score (nSPS) is 12.1. The van der Waals surface area contributed by atoms with Crippen molar-refractivity contribution < 1.29 is 82.1 Å². The first-order chi connectivity index (χ1) is 61.7. The molecule has 13 aromatic rings. The van der Waals surface area contributed by atoms with E-state index in [1.54, 1.807) is 41.1 Å². The number of halogens is 6. The van der Waals surface area contributed by atoms with Gasteiger partial charge in [-0.25, -0.2) is 19.7 Å². The Morgan fingerprint density at radius 1 is 0.504 bits per heavy atom. The molecule has 133 heavy (non-hydrogen) atoms. The summed E-state index contributed by atoms with van der Waals surface area (Å²) in [6.07, 6.45) is 7.47. The van der Waals surface area contributed by atoms with Crippen molar-refractivity contribution in [3.8, 4) is 22.5 Å². The van der Waals surface area contributed by atoms with Gasteiger partial charge in [-0.05, 0) is 251 Å². The van der Waals surface area contributed by atoms with Crippen molar-refractivity contribution in [3.63, 3.8) is 0 Å². The van der Waals surface area contributed by atoms with Crippen molar-refractivity contribution in [2.24, 2.45) is 23.7 Å². The number of benzene rings is 5. The summed E-state index contributed by atoms with van der Waals surface area (Å²) in [5.41, 5.74) is 19.2. The van der Waals surface area contributed by atoms with Gasteiger partial charge in [-0.1, -0.05) is 216 Å². The fourth-order valence-electron chi connectivity index (χ4n) is 16.1. The summed E-state index contributed by atoms with van der Waals surface area (Å²) in [5, 5.41) is 10.4. The van der Waals surface area contributed by atoms with E-state index in [0.717, 1.165) is 75.6 Å². The van der Waals surface area contributed by atoms with Gasteiger partial charge in [-0.15, -0.1) is 23.8 Å². The van der Waals surface area contributed by atoms with E-state index < -0.39 is 23.0 Å². The van der Waals surface area contributed by atoms with Gasteiger partial charge in [0, 0.05) is 105 Å². The largest absolute Gasteiger partial charge is 1.00 e. The van der Waals surface area contributed by atoms with Gasteiger partial charge in [-0.3, -0.25) is 14.2 Å². The van der Waals surface area contributed by atoms with Crippen LogP contribution < -0.4 is 45.6 Å². The third-order valence-electron chi connectivity index (χ3n) is 20.9. The maximum atomic E-state index is 9.96. The molecule has 9 heterocycles. The molecule has 0 atom stereocenters. The van der Waals surface area contributed by atoms with E-state index in [1.165, 1.54) is 59.8 Å². The summed E-state index contributed by atoms with van der Waals surface area (Å²) < 4.78 is 34.3. The van der Waals surface area contributed by atoms with Crippen LogP contribution in [-0.4, -0.2) is 91.2 Å². The van der Waals surface area contributed by atoms with Crippen LogP contribution in [0.4, 0.5) is 21.5 Å². The number of aromatic amines is 1.